The number of nitrogens with two attached hydrogens (primary N) is 1. The monoisotopic (exact) mass is 329 g/mol. The topological polar surface area (TPSA) is 93.4 Å². The summed E-state index contributed by atoms with van der Waals surface area (Å²) in [6.45, 7) is 4.17. The molecule has 24 heavy (non-hydrogen) atoms. The normalized spacial score (nSPS) is 10.5. The molecule has 128 valence electrons. The number of hydroxylamine groups is 1. The maximum Gasteiger partial charge on any atom is 0.431 e. The summed E-state index contributed by atoms with van der Waals surface area (Å²) in [4.78, 5) is 27.3. The van der Waals surface area contributed by atoms with Crippen LogP contribution < -0.4 is 16.5 Å². The van der Waals surface area contributed by atoms with E-state index in [1.54, 1.807) is 0 Å². The summed E-state index contributed by atoms with van der Waals surface area (Å²) in [6.07, 6.45) is 1.13. The van der Waals surface area contributed by atoms with Gasteiger partial charge in [0, 0.05) is 12.7 Å². The Morgan fingerprint density at radius 1 is 1.04 bits per heavy atom. The average Bonchev–Trinajstić information content (AvgIpc) is 2.70. The lowest BCUT2D eigenvalue weighted by Crippen LogP contribution is -2.32. The molecule has 2 aliphatic rings. The number of carbonyl (C=O) groups is 2. The third kappa shape index (κ3) is 3.59. The van der Waals surface area contributed by atoms with Crippen LogP contribution in [0.5, 0.6) is 0 Å². The van der Waals surface area contributed by atoms with Crippen LogP contribution in [0.25, 0.3) is 11.1 Å². The van der Waals surface area contributed by atoms with E-state index in [-0.39, 0.29) is 6.42 Å². The van der Waals surface area contributed by atoms with Gasteiger partial charge < -0.3 is 15.9 Å². The van der Waals surface area contributed by atoms with E-state index in [1.807, 2.05) is 24.3 Å². The summed E-state index contributed by atoms with van der Waals surface area (Å²) in [5.41, 5.74) is 14.6. The predicted molar refractivity (Wildman–Crippen MR) is 93.6 cm³/mol. The molecule has 0 unspecified atom stereocenters. The molecule has 0 aromatic heterocycles. The minimum absolute atomic E-state index is 0.118. The van der Waals surface area contributed by atoms with E-state index >= 15 is 0 Å². The summed E-state index contributed by atoms with van der Waals surface area (Å²) in [7, 11) is 1.42. The zero-order chi connectivity index (χ0) is 17.7. The molecule has 0 aromatic rings. The predicted octanol–water partition coefficient (Wildman–Crippen LogP) is 2.43. The van der Waals surface area contributed by atoms with Crippen LogP contribution in [-0.2, 0) is 28.9 Å². The van der Waals surface area contributed by atoms with Crippen LogP contribution in [0.15, 0.2) is 24.3 Å². The smallest absolute Gasteiger partial charge is 0.398 e. The van der Waals surface area contributed by atoms with Crippen molar-refractivity contribution in [2.75, 3.05) is 12.8 Å². The number of nitrogens with one attached hydrogen (secondary N) is 2. The number of rotatable bonds is 4. The van der Waals surface area contributed by atoms with Gasteiger partial charge in [-0.3, -0.25) is 4.79 Å². The number of nitrogen functional groups attached to an aromatic ring is 1. The Balaban J connectivity index is 2.24. The number of hydrogen-bond donors (Lipinski definition) is 3. The molecule has 0 aliphatic heterocycles. The minimum atomic E-state index is -0.712. The van der Waals surface area contributed by atoms with E-state index in [0.717, 1.165) is 46.3 Å². The molecule has 2 rings (SSSR count). The van der Waals surface area contributed by atoms with Crippen molar-refractivity contribution >= 4 is 17.7 Å². The summed E-state index contributed by atoms with van der Waals surface area (Å²) in [5.74, 6) is -0.393. The molecule has 4 N–H and O–H groups in total. The van der Waals surface area contributed by atoms with Crippen LogP contribution in [0, 0.1) is 0 Å². The Kier molecular flexibility index (Phi) is 5.63. The fourth-order valence-corrected chi connectivity index (χ4v) is 2.87. The van der Waals surface area contributed by atoms with Gasteiger partial charge in [-0.15, -0.1) is 0 Å². The average molecular weight is 329 g/mol. The van der Waals surface area contributed by atoms with E-state index in [9.17, 15) is 9.59 Å². The molecule has 0 saturated carbocycles. The lowest BCUT2D eigenvalue weighted by atomic mass is 10.1. The molecule has 6 nitrogen and oxygen atoms in total. The Hall–Kier alpha value is -2.76. The van der Waals surface area contributed by atoms with Gasteiger partial charge in [0.05, 0.1) is 6.42 Å². The molecular weight excluding hydrogens is 306 g/mol. The van der Waals surface area contributed by atoms with Crippen molar-refractivity contribution in [2.45, 2.75) is 33.1 Å². The van der Waals surface area contributed by atoms with E-state index in [0.29, 0.717) is 0 Å². The molecule has 0 aromatic carbocycles. The zero-order valence-electron chi connectivity index (χ0n) is 14.2. The van der Waals surface area contributed by atoms with Gasteiger partial charge in [-0.25, -0.2) is 4.79 Å². The quantitative estimate of drug-likeness (QED) is 0.751. The van der Waals surface area contributed by atoms with Crippen molar-refractivity contribution in [1.29, 1.82) is 0 Å². The van der Waals surface area contributed by atoms with E-state index in [4.69, 9.17) is 5.73 Å². The Morgan fingerprint density at radius 3 is 2.04 bits per heavy atom. The number of anilines is 1. The number of hydrogen-bond acceptors (Lipinski definition) is 4. The van der Waals surface area contributed by atoms with Gasteiger partial charge in [0.15, 0.2) is 0 Å². The lowest BCUT2D eigenvalue weighted by molar-refractivity contribution is -0.128. The molecule has 0 fully saturated rings. The zero-order valence-corrected chi connectivity index (χ0v) is 14.2. The van der Waals surface area contributed by atoms with Crippen molar-refractivity contribution in [1.82, 2.24) is 10.8 Å². The largest absolute Gasteiger partial charge is 0.431 e. The van der Waals surface area contributed by atoms with E-state index in [2.05, 4.69) is 29.5 Å². The summed E-state index contributed by atoms with van der Waals surface area (Å²) in [6, 6.07) is 7.82. The maximum absolute atomic E-state index is 11.8. The molecule has 0 atom stereocenters. The van der Waals surface area contributed by atoms with Gasteiger partial charge in [0.2, 0.25) is 0 Å². The molecule has 2 amide bonds. The second kappa shape index (κ2) is 7.68. The highest BCUT2D eigenvalue weighted by molar-refractivity contribution is 5.85. The molecule has 0 bridgehead atoms. The van der Waals surface area contributed by atoms with Crippen LogP contribution >= 0.6 is 0 Å². The third-order valence-electron chi connectivity index (χ3n) is 4.05. The molecule has 2 aliphatic carbocycles. The van der Waals surface area contributed by atoms with Crippen molar-refractivity contribution in [3.05, 3.63) is 41.0 Å². The van der Waals surface area contributed by atoms with Crippen molar-refractivity contribution in [3.8, 4) is 11.1 Å². The van der Waals surface area contributed by atoms with Crippen LogP contribution in [0.4, 0.5) is 10.5 Å². The van der Waals surface area contributed by atoms with Gasteiger partial charge >= 0.3 is 6.09 Å². The van der Waals surface area contributed by atoms with E-state index < -0.39 is 12.0 Å². The Labute approximate surface area is 141 Å². The number of fused-ring (bicyclic) bond motifs is 1. The maximum atomic E-state index is 11.8. The SMILES string of the molecule is CCc1c2ccc(CC(=O)NOC(=O)NC)ccc-2c(CC)c1N. The standard InChI is InChI=1S/C18H23N3O3/c1-4-12-14-8-6-11(10-16(22)21-24-18(23)20-3)7-9-15(14)13(5-2)17(12)19/h6-9H,4-5,10,19H2,1-3H3,(H,20,23)(H,21,22). The number of carbonyl (C=O) groups excluding carboxylic acids is 2. The molecule has 6 heteroatoms. The first kappa shape index (κ1) is 17.6. The van der Waals surface area contributed by atoms with Gasteiger partial charge in [-0.1, -0.05) is 38.1 Å². The van der Waals surface area contributed by atoms with Crippen LogP contribution in [0.2, 0.25) is 0 Å². The highest BCUT2D eigenvalue weighted by Crippen LogP contribution is 2.39. The van der Waals surface area contributed by atoms with Crippen molar-refractivity contribution in [3.63, 3.8) is 0 Å². The molecule has 0 heterocycles. The number of amides is 2. The van der Waals surface area contributed by atoms with Gasteiger partial charge in [-0.05, 0) is 40.7 Å². The highest BCUT2D eigenvalue weighted by Gasteiger charge is 2.18. The van der Waals surface area contributed by atoms with Gasteiger partial charge in [0.1, 0.15) is 0 Å². The highest BCUT2D eigenvalue weighted by atomic mass is 16.7. The van der Waals surface area contributed by atoms with Crippen molar-refractivity contribution < 1.29 is 14.4 Å². The molecular formula is C18H23N3O3. The molecule has 0 spiro atoms. The van der Waals surface area contributed by atoms with Crippen LogP contribution in [0.1, 0.15) is 30.5 Å². The molecule has 0 saturated heterocycles. The fraction of sp³-hybridized carbons (Fsp3) is 0.333. The van der Waals surface area contributed by atoms with Crippen LogP contribution in [0.3, 0.4) is 0 Å². The summed E-state index contributed by atoms with van der Waals surface area (Å²) < 4.78 is 0. The minimum Gasteiger partial charge on any atom is -0.398 e. The second-order valence-electron chi connectivity index (χ2n) is 5.49. The second-order valence-corrected chi connectivity index (χ2v) is 5.49. The van der Waals surface area contributed by atoms with E-state index in [1.165, 1.54) is 7.05 Å². The van der Waals surface area contributed by atoms with Gasteiger partial charge in [0.25, 0.3) is 5.91 Å². The van der Waals surface area contributed by atoms with Crippen LogP contribution in [-0.4, -0.2) is 19.0 Å². The van der Waals surface area contributed by atoms with Gasteiger partial charge in [-0.2, -0.15) is 5.48 Å². The Morgan fingerprint density at radius 2 is 1.58 bits per heavy atom. The first-order valence-corrected chi connectivity index (χ1v) is 8.00. The molecule has 0 radical (unpaired) electrons. The lowest BCUT2D eigenvalue weighted by Gasteiger charge is -2.04. The summed E-state index contributed by atoms with van der Waals surface area (Å²) in [5, 5.41) is 2.25. The first-order chi connectivity index (χ1) is 11.5. The first-order valence-electron chi connectivity index (χ1n) is 8.00. The van der Waals surface area contributed by atoms with Crippen molar-refractivity contribution in [2.24, 2.45) is 0 Å². The third-order valence-corrected chi connectivity index (χ3v) is 4.05. The Bertz CT molecular complexity index is 686. The summed E-state index contributed by atoms with van der Waals surface area (Å²) >= 11 is 0. The fourth-order valence-electron chi connectivity index (χ4n) is 2.87.